The predicted molar refractivity (Wildman–Crippen MR) is 29.8 cm³/mol. The fourth-order valence-corrected chi connectivity index (χ4v) is 0. The van der Waals surface area contributed by atoms with E-state index in [-0.39, 0.29) is 138 Å². The molecule has 66 valence electrons. The predicted octanol–water partition coefficient (Wildman–Crippen LogP) is -11.4. The average molecular weight is 349 g/mol. The van der Waals surface area contributed by atoms with Crippen LogP contribution >= 0.6 is 0 Å². The molecule has 6 nitrogen and oxygen atoms in total. The molecule has 0 atom stereocenters. The van der Waals surface area contributed by atoms with E-state index in [4.69, 9.17) is 71.0 Å². The first kappa shape index (κ1) is 100. The average Bonchev–Trinajstić information content (AvgIpc) is 2.33. The maximum atomic E-state index is 6.25. The molecule has 0 aliphatic carbocycles. The van der Waals surface area contributed by atoms with Gasteiger partial charge in [0.1, 0.15) is 0 Å². The van der Waals surface area contributed by atoms with Gasteiger partial charge in [0.2, 0.25) is 0 Å². The van der Waals surface area contributed by atoms with E-state index in [1.54, 1.807) is 0 Å². The van der Waals surface area contributed by atoms with Crippen LogP contribution in [0.25, 0.3) is 0 Å². The topological polar surface area (TPSA) is 143 Å². The molecule has 0 N–H and O–H groups in total. The van der Waals surface area contributed by atoms with Gasteiger partial charge < -0.3 is 71.0 Å². The van der Waals surface area contributed by atoms with Crippen LogP contribution in [0.1, 0.15) is 0 Å². The summed E-state index contributed by atoms with van der Waals surface area (Å²) in [5.74, 6) is 0. The zero-order chi connectivity index (χ0) is 12.0. The van der Waals surface area contributed by atoms with Gasteiger partial charge in [0.05, 0.1) is 0 Å². The van der Waals surface area contributed by atoms with Crippen LogP contribution in [-0.4, -0.2) is 0 Å². The Labute approximate surface area is 204 Å². The molecule has 0 bridgehead atoms. The van der Waals surface area contributed by atoms with Crippen molar-refractivity contribution in [3.05, 3.63) is 39.4 Å². The fourth-order valence-electron chi connectivity index (χ4n) is 0. The summed E-state index contributed by atoms with van der Waals surface area (Å²) < 4.78 is 0. The molecule has 0 saturated heterocycles. The van der Waals surface area contributed by atoms with E-state index in [1.165, 1.54) is 0 Å². The smallest absolute Gasteiger partial charge is 0.512 e. The summed E-state index contributed by atoms with van der Waals surface area (Å²) in [5, 5.41) is 37.5. The van der Waals surface area contributed by atoms with E-state index in [9.17, 15) is 0 Å². The Morgan fingerprint density at radius 1 is 0.294 bits per heavy atom. The first-order valence-corrected chi connectivity index (χ1v) is 1.34. The SMILES string of the molecule is [C-]#N.[C-]#N.[C-]#N.[C-]#N.[C-]#N.[C-]#N.[Na+].[Na+].[Na+].[Na+].[Ru+2]. The van der Waals surface area contributed by atoms with Crippen molar-refractivity contribution in [3.63, 3.8) is 0 Å². The second-order valence-corrected chi connectivity index (χ2v) is 0. The molecule has 0 saturated carbocycles. The molecule has 0 aliphatic heterocycles. The van der Waals surface area contributed by atoms with Crippen molar-refractivity contribution in [1.82, 2.24) is 0 Å². The first-order chi connectivity index (χ1) is 6.00. The summed E-state index contributed by atoms with van der Waals surface area (Å²) in [6.45, 7) is 28.5. The first-order valence-electron chi connectivity index (χ1n) is 1.34. The van der Waals surface area contributed by atoms with Crippen molar-refractivity contribution in [2.24, 2.45) is 0 Å². The van der Waals surface area contributed by atoms with Crippen molar-refractivity contribution < 1.29 is 138 Å². The summed E-state index contributed by atoms with van der Waals surface area (Å²) >= 11 is 0. The molecular formula is C6N6Na4Ru. The zero-order valence-electron chi connectivity index (χ0n) is 10.0. The molecule has 0 rings (SSSR count). The van der Waals surface area contributed by atoms with Gasteiger partial charge in [-0.1, -0.05) is 0 Å². The third kappa shape index (κ3) is 1740. The van der Waals surface area contributed by atoms with E-state index in [2.05, 4.69) is 0 Å². The van der Waals surface area contributed by atoms with E-state index in [0.717, 1.165) is 0 Å². The summed E-state index contributed by atoms with van der Waals surface area (Å²) in [5.41, 5.74) is 0. The molecule has 0 heterocycles. The molecule has 11 heteroatoms. The van der Waals surface area contributed by atoms with Gasteiger partial charge in [-0.15, -0.1) is 0 Å². The molecule has 0 spiro atoms. The van der Waals surface area contributed by atoms with Crippen molar-refractivity contribution in [2.75, 3.05) is 0 Å². The van der Waals surface area contributed by atoms with Gasteiger partial charge in [-0.05, 0) is 0 Å². The Morgan fingerprint density at radius 3 is 0.294 bits per heavy atom. The molecule has 0 amide bonds. The minimum atomic E-state index is 0. The number of nitrogens with zero attached hydrogens (tertiary/aromatic N) is 6. The van der Waals surface area contributed by atoms with E-state index in [0.29, 0.717) is 0 Å². The van der Waals surface area contributed by atoms with E-state index >= 15 is 0 Å². The molecular weight excluding hydrogens is 349 g/mol. The van der Waals surface area contributed by atoms with Crippen LogP contribution < -0.4 is 118 Å². The normalized spacial score (nSPS) is 0.706. The maximum Gasteiger partial charge on any atom is 2.00 e. The van der Waals surface area contributed by atoms with Gasteiger partial charge in [0, 0.05) is 0 Å². The maximum absolute atomic E-state index is 6.25. The molecule has 0 radical (unpaired) electrons. The molecule has 0 unspecified atom stereocenters. The van der Waals surface area contributed by atoms with Gasteiger partial charge >= 0.3 is 138 Å². The number of hydrogen-bond donors (Lipinski definition) is 0. The number of rotatable bonds is 0. The van der Waals surface area contributed by atoms with Gasteiger partial charge in [-0.3, -0.25) is 0 Å². The van der Waals surface area contributed by atoms with E-state index in [1.807, 2.05) is 0 Å². The van der Waals surface area contributed by atoms with Gasteiger partial charge in [0.25, 0.3) is 0 Å². The Balaban J connectivity index is -0.00000000267. The van der Waals surface area contributed by atoms with Crippen molar-refractivity contribution >= 4 is 0 Å². The summed E-state index contributed by atoms with van der Waals surface area (Å²) in [6, 6.07) is 0. The molecule has 0 aromatic carbocycles. The van der Waals surface area contributed by atoms with Gasteiger partial charge in [0.15, 0.2) is 0 Å². The van der Waals surface area contributed by atoms with Crippen molar-refractivity contribution in [1.29, 1.82) is 31.6 Å². The zero-order valence-corrected chi connectivity index (χ0v) is 19.8. The second kappa shape index (κ2) is 1970. The second-order valence-electron chi connectivity index (χ2n) is 0. The van der Waals surface area contributed by atoms with Crippen molar-refractivity contribution in [3.8, 4) is 0 Å². The van der Waals surface area contributed by atoms with Crippen LogP contribution in [0, 0.1) is 71.0 Å². The Bertz CT molecular complexity index is 106. The minimum Gasteiger partial charge on any atom is -0.512 e. The van der Waals surface area contributed by atoms with Crippen LogP contribution in [0.3, 0.4) is 0 Å². The van der Waals surface area contributed by atoms with Crippen molar-refractivity contribution in [2.45, 2.75) is 0 Å². The monoisotopic (exact) mass is 350 g/mol. The number of hydrogen-bond acceptors (Lipinski definition) is 6. The van der Waals surface area contributed by atoms with Crippen LogP contribution in [-0.2, 0) is 19.5 Å². The van der Waals surface area contributed by atoms with Crippen LogP contribution in [0.2, 0.25) is 0 Å². The Kier molecular flexibility index (Phi) is 11600. The minimum absolute atomic E-state index is 0. The molecule has 0 aromatic rings. The van der Waals surface area contributed by atoms with Crippen LogP contribution in [0.15, 0.2) is 0 Å². The van der Waals surface area contributed by atoms with Gasteiger partial charge in [-0.25, -0.2) is 0 Å². The Hall–Kier alpha value is 1.56. The fraction of sp³-hybridized carbons (Fsp3) is 0. The van der Waals surface area contributed by atoms with Gasteiger partial charge in [-0.2, -0.15) is 0 Å². The van der Waals surface area contributed by atoms with Crippen LogP contribution in [0.4, 0.5) is 0 Å². The largest absolute Gasteiger partial charge is 2.00 e. The standard InChI is InChI=1S/6CN.4Na.Ru/c6*1-2;;;;;/q6*-1;4*+1;+2. The Morgan fingerprint density at radius 2 is 0.294 bits per heavy atom. The summed E-state index contributed by atoms with van der Waals surface area (Å²) in [6.07, 6.45) is 0. The molecule has 0 aromatic heterocycles. The summed E-state index contributed by atoms with van der Waals surface area (Å²) in [4.78, 5) is 0. The third-order valence-electron chi connectivity index (χ3n) is 0. The molecule has 0 fully saturated rings. The summed E-state index contributed by atoms with van der Waals surface area (Å²) in [7, 11) is 0. The molecule has 17 heavy (non-hydrogen) atoms. The van der Waals surface area contributed by atoms with E-state index < -0.39 is 0 Å². The third-order valence-corrected chi connectivity index (χ3v) is 0. The quantitative estimate of drug-likeness (QED) is 0.314. The molecule has 0 aliphatic rings. The van der Waals surface area contributed by atoms with Crippen LogP contribution in [0.5, 0.6) is 0 Å².